The smallest absolute Gasteiger partial charge is 0.253 e. The number of hydrogen-bond donors (Lipinski definition) is 1. The van der Waals surface area contributed by atoms with Gasteiger partial charge in [-0.2, -0.15) is 0 Å². The number of nitrogens with zero attached hydrogens (tertiary/aromatic N) is 1. The predicted octanol–water partition coefficient (Wildman–Crippen LogP) is 3.05. The van der Waals surface area contributed by atoms with Crippen LogP contribution in [0.15, 0.2) is 18.2 Å². The Morgan fingerprint density at radius 3 is 2.65 bits per heavy atom. The fraction of sp³-hybridized carbons (Fsp3) is 0.417. The van der Waals surface area contributed by atoms with Crippen LogP contribution in [0.25, 0.3) is 0 Å². The lowest BCUT2D eigenvalue weighted by molar-refractivity contribution is 0.0728. The molecule has 1 saturated heterocycles. The second kappa shape index (κ2) is 5.27. The molecule has 0 radical (unpaired) electrons. The number of benzene rings is 1. The Morgan fingerprint density at radius 2 is 2.06 bits per heavy atom. The lowest BCUT2D eigenvalue weighted by Gasteiger charge is -2.29. The number of likely N-dealkylation sites (tertiary alicyclic amines) is 1. The number of phenols is 1. The molecule has 0 aliphatic carbocycles. The Hall–Kier alpha value is -0.740. The van der Waals surface area contributed by atoms with Crippen LogP contribution in [0, 0.1) is 0 Å². The summed E-state index contributed by atoms with van der Waals surface area (Å²) in [7, 11) is 0. The van der Waals surface area contributed by atoms with Crippen molar-refractivity contribution in [1.29, 1.82) is 0 Å². The first-order chi connectivity index (χ1) is 8.08. The van der Waals surface area contributed by atoms with E-state index in [4.69, 9.17) is 11.6 Å². The van der Waals surface area contributed by atoms with Crippen molar-refractivity contribution in [2.75, 3.05) is 13.1 Å². The fourth-order valence-electron chi connectivity index (χ4n) is 1.87. The van der Waals surface area contributed by atoms with Gasteiger partial charge in [0.05, 0.1) is 5.02 Å². The highest BCUT2D eigenvalue weighted by Gasteiger charge is 2.22. The molecule has 1 amide bonds. The highest BCUT2D eigenvalue weighted by atomic mass is 79.9. The summed E-state index contributed by atoms with van der Waals surface area (Å²) < 4.78 is 0. The number of aromatic hydroxyl groups is 1. The molecule has 1 aliphatic rings. The number of rotatable bonds is 1. The minimum Gasteiger partial charge on any atom is -0.506 e. The van der Waals surface area contributed by atoms with Gasteiger partial charge in [0.15, 0.2) is 0 Å². The molecule has 1 aromatic carbocycles. The average Bonchev–Trinajstić information content (AvgIpc) is 2.33. The van der Waals surface area contributed by atoms with E-state index in [1.807, 2.05) is 4.90 Å². The molecule has 1 N–H and O–H groups in total. The van der Waals surface area contributed by atoms with Gasteiger partial charge in [-0.15, -0.1) is 0 Å². The molecule has 1 heterocycles. The Bertz CT molecular complexity index is 431. The molecule has 92 valence electrons. The average molecular weight is 319 g/mol. The van der Waals surface area contributed by atoms with E-state index >= 15 is 0 Å². The van der Waals surface area contributed by atoms with Crippen molar-refractivity contribution in [3.05, 3.63) is 28.8 Å². The van der Waals surface area contributed by atoms with Gasteiger partial charge in [0.1, 0.15) is 5.75 Å². The molecule has 0 atom stereocenters. The minimum absolute atomic E-state index is 0.00221. The quantitative estimate of drug-likeness (QED) is 0.809. The normalized spacial score (nSPS) is 17.2. The number of hydrogen-bond acceptors (Lipinski definition) is 2. The van der Waals surface area contributed by atoms with Crippen LogP contribution in [0.2, 0.25) is 5.02 Å². The summed E-state index contributed by atoms with van der Waals surface area (Å²) in [4.78, 5) is 14.5. The maximum absolute atomic E-state index is 12.1. The van der Waals surface area contributed by atoms with Gasteiger partial charge < -0.3 is 10.0 Å². The molecule has 5 heteroatoms. The second-order valence-electron chi connectivity index (χ2n) is 4.13. The Kier molecular flexibility index (Phi) is 3.94. The number of amides is 1. The summed E-state index contributed by atoms with van der Waals surface area (Å²) in [5.74, 6) is -0.0197. The molecule has 2 rings (SSSR count). The summed E-state index contributed by atoms with van der Waals surface area (Å²) in [6, 6.07) is 4.57. The number of alkyl halides is 1. The second-order valence-corrected chi connectivity index (χ2v) is 5.84. The topological polar surface area (TPSA) is 40.5 Å². The van der Waals surface area contributed by atoms with Crippen molar-refractivity contribution in [3.63, 3.8) is 0 Å². The molecule has 1 aromatic rings. The molecule has 3 nitrogen and oxygen atoms in total. The lowest BCUT2D eigenvalue weighted by Crippen LogP contribution is -2.38. The van der Waals surface area contributed by atoms with Crippen LogP contribution in [0.4, 0.5) is 0 Å². The molecule has 17 heavy (non-hydrogen) atoms. The molecule has 1 aliphatic heterocycles. The highest BCUT2D eigenvalue weighted by Crippen LogP contribution is 2.25. The summed E-state index contributed by atoms with van der Waals surface area (Å²) in [5.41, 5.74) is 0.529. The summed E-state index contributed by atoms with van der Waals surface area (Å²) in [5, 5.41) is 9.52. The van der Waals surface area contributed by atoms with Crippen molar-refractivity contribution in [2.24, 2.45) is 0 Å². The van der Waals surface area contributed by atoms with E-state index in [2.05, 4.69) is 15.9 Å². The maximum Gasteiger partial charge on any atom is 0.253 e. The third-order valence-electron chi connectivity index (χ3n) is 2.91. The van der Waals surface area contributed by atoms with E-state index in [0.717, 1.165) is 25.9 Å². The first-order valence-corrected chi connectivity index (χ1v) is 6.79. The van der Waals surface area contributed by atoms with E-state index in [-0.39, 0.29) is 16.7 Å². The van der Waals surface area contributed by atoms with Crippen LogP contribution >= 0.6 is 27.5 Å². The van der Waals surface area contributed by atoms with Crippen molar-refractivity contribution in [3.8, 4) is 5.75 Å². The van der Waals surface area contributed by atoms with Gasteiger partial charge in [-0.25, -0.2) is 0 Å². The number of piperidine rings is 1. The fourth-order valence-corrected chi connectivity index (χ4v) is 2.46. The zero-order chi connectivity index (χ0) is 12.4. The molecule has 0 spiro atoms. The molecule has 0 bridgehead atoms. The van der Waals surface area contributed by atoms with Crippen LogP contribution < -0.4 is 0 Å². The minimum atomic E-state index is -0.0219. The Morgan fingerprint density at radius 1 is 1.41 bits per heavy atom. The number of carbonyl (C=O) groups excluding carboxylic acids is 1. The van der Waals surface area contributed by atoms with Crippen LogP contribution in [-0.2, 0) is 0 Å². The SMILES string of the molecule is O=C(c1ccc(O)c(Cl)c1)N1CCC(Br)CC1. The Balaban J connectivity index is 2.11. The van der Waals surface area contributed by atoms with Gasteiger partial charge in [-0.3, -0.25) is 4.79 Å². The van der Waals surface area contributed by atoms with Gasteiger partial charge in [-0.1, -0.05) is 27.5 Å². The van der Waals surface area contributed by atoms with Gasteiger partial charge in [-0.05, 0) is 31.0 Å². The van der Waals surface area contributed by atoms with E-state index in [0.29, 0.717) is 10.4 Å². The van der Waals surface area contributed by atoms with Gasteiger partial charge in [0.2, 0.25) is 0 Å². The summed E-state index contributed by atoms with van der Waals surface area (Å²) in [6.45, 7) is 1.51. The van der Waals surface area contributed by atoms with Gasteiger partial charge in [0, 0.05) is 23.5 Å². The van der Waals surface area contributed by atoms with Crippen LogP contribution in [0.5, 0.6) is 5.75 Å². The van der Waals surface area contributed by atoms with Crippen molar-refractivity contribution >= 4 is 33.4 Å². The first kappa shape index (κ1) is 12.7. The van der Waals surface area contributed by atoms with Crippen LogP contribution in [-0.4, -0.2) is 33.8 Å². The van der Waals surface area contributed by atoms with E-state index in [9.17, 15) is 9.90 Å². The van der Waals surface area contributed by atoms with Crippen molar-refractivity contribution in [1.82, 2.24) is 4.90 Å². The standard InChI is InChI=1S/C12H13BrClNO2/c13-9-3-5-15(6-4-9)12(17)8-1-2-11(16)10(14)7-8/h1-2,7,9,16H,3-6H2. The molecule has 0 unspecified atom stereocenters. The largest absolute Gasteiger partial charge is 0.506 e. The number of carbonyl (C=O) groups is 1. The number of phenolic OH excluding ortho intramolecular Hbond substituents is 1. The highest BCUT2D eigenvalue weighted by molar-refractivity contribution is 9.09. The summed E-state index contributed by atoms with van der Waals surface area (Å²) >= 11 is 9.34. The first-order valence-electron chi connectivity index (χ1n) is 5.50. The van der Waals surface area contributed by atoms with E-state index < -0.39 is 0 Å². The predicted molar refractivity (Wildman–Crippen MR) is 71.0 cm³/mol. The van der Waals surface area contributed by atoms with Crippen molar-refractivity contribution < 1.29 is 9.90 Å². The Labute approximate surface area is 114 Å². The monoisotopic (exact) mass is 317 g/mol. The molecule has 1 fully saturated rings. The zero-order valence-corrected chi connectivity index (χ0v) is 11.5. The summed E-state index contributed by atoms with van der Waals surface area (Å²) in [6.07, 6.45) is 1.94. The van der Waals surface area contributed by atoms with Gasteiger partial charge in [0.25, 0.3) is 5.91 Å². The zero-order valence-electron chi connectivity index (χ0n) is 9.20. The van der Waals surface area contributed by atoms with Crippen molar-refractivity contribution in [2.45, 2.75) is 17.7 Å². The maximum atomic E-state index is 12.1. The van der Waals surface area contributed by atoms with Crippen LogP contribution in [0.1, 0.15) is 23.2 Å². The number of halogens is 2. The molecular weight excluding hydrogens is 305 g/mol. The van der Waals surface area contributed by atoms with E-state index in [1.54, 1.807) is 6.07 Å². The molecule has 0 saturated carbocycles. The lowest BCUT2D eigenvalue weighted by atomic mass is 10.1. The van der Waals surface area contributed by atoms with Crippen LogP contribution in [0.3, 0.4) is 0 Å². The van der Waals surface area contributed by atoms with Gasteiger partial charge >= 0.3 is 0 Å². The third kappa shape index (κ3) is 2.93. The molecular formula is C12H13BrClNO2. The molecule has 0 aromatic heterocycles. The van der Waals surface area contributed by atoms with E-state index in [1.165, 1.54) is 12.1 Å². The third-order valence-corrected chi connectivity index (χ3v) is 4.12.